The molecule has 7 rings (SSSR count). The van der Waals surface area contributed by atoms with Crippen molar-refractivity contribution in [2.45, 2.75) is 96.2 Å². The van der Waals surface area contributed by atoms with E-state index in [0.29, 0.717) is 60.2 Å². The normalized spacial score (nSPS) is 17.9. The minimum atomic E-state index is -1.46. The molecule has 0 spiro atoms. The number of aromatic nitrogens is 4. The fourth-order valence-corrected chi connectivity index (χ4v) is 7.58. The summed E-state index contributed by atoms with van der Waals surface area (Å²) in [5.74, 6) is 0.0764. The number of aliphatic hydroxyl groups excluding tert-OH is 2. The van der Waals surface area contributed by atoms with Crippen LogP contribution in [0, 0.1) is 0 Å². The zero-order valence-electron chi connectivity index (χ0n) is 36.5. The van der Waals surface area contributed by atoms with Crippen LogP contribution >= 0.6 is 0 Å². The molecular weight excluding hydrogens is 781 g/mol. The molecule has 62 heavy (non-hydrogen) atoms. The van der Waals surface area contributed by atoms with Gasteiger partial charge in [0.15, 0.2) is 29.3 Å². The minimum Gasteiger partial charge on any atom is -0.387 e. The molecule has 1 aliphatic heterocycles. The van der Waals surface area contributed by atoms with Crippen LogP contribution in [-0.4, -0.2) is 79.5 Å². The van der Waals surface area contributed by atoms with Gasteiger partial charge in [-0.05, 0) is 76.3 Å². The van der Waals surface area contributed by atoms with E-state index < -0.39 is 30.4 Å². The Balaban J connectivity index is 1.10. The Morgan fingerprint density at radius 1 is 0.790 bits per heavy atom. The summed E-state index contributed by atoms with van der Waals surface area (Å²) in [6, 6.07) is 34.4. The van der Waals surface area contributed by atoms with Crippen LogP contribution in [0.4, 0.5) is 17.5 Å². The minimum absolute atomic E-state index is 0.0174. The van der Waals surface area contributed by atoms with Gasteiger partial charge in [-0.3, -0.25) is 14.2 Å². The standard InChI is InChI=1S/C49H58N8O5/c1-8-50-45(61)41-39(58)40(59)46(62-41)57-29-53-38-42(52-28-37(31-15-11-9-12-16-31)32-17-13-10-14-18-32)55-47(56-43(38)57)51-24-23-30-19-21-36(22-20-30)54-44(60)33-25-34(48(2,3)4)27-35(26-33)49(5,6)7/h9-22,25-27,29,37,39-41,46,58-59H,8,23-24,28H2,1-7H3,(H,50,61)(H,54,60)(H2,51,52,55,56)/t39-,40+,41-,46+/m0/s1. The number of likely N-dealkylation sites (N-methyl/N-ethyl adjacent to an activating group) is 1. The molecule has 6 N–H and O–H groups in total. The van der Waals surface area contributed by atoms with Crippen LogP contribution in [0.25, 0.3) is 11.2 Å². The lowest BCUT2D eigenvalue weighted by molar-refractivity contribution is -0.137. The second-order valence-electron chi connectivity index (χ2n) is 17.9. The maximum atomic E-state index is 13.5. The van der Waals surface area contributed by atoms with E-state index >= 15 is 0 Å². The van der Waals surface area contributed by atoms with E-state index in [1.54, 1.807) is 6.92 Å². The van der Waals surface area contributed by atoms with Gasteiger partial charge in [-0.15, -0.1) is 0 Å². The van der Waals surface area contributed by atoms with Crippen LogP contribution in [-0.2, 0) is 26.8 Å². The third-order valence-electron chi connectivity index (χ3n) is 11.3. The number of nitrogens with zero attached hydrogens (tertiary/aromatic N) is 4. The number of ether oxygens (including phenoxy) is 1. The second-order valence-corrected chi connectivity index (χ2v) is 17.9. The quantitative estimate of drug-likeness (QED) is 0.0652. The van der Waals surface area contributed by atoms with E-state index in [4.69, 9.17) is 14.7 Å². The van der Waals surface area contributed by atoms with Gasteiger partial charge in [0.2, 0.25) is 5.95 Å². The summed E-state index contributed by atoms with van der Waals surface area (Å²) >= 11 is 0. The molecule has 13 heteroatoms. The summed E-state index contributed by atoms with van der Waals surface area (Å²) < 4.78 is 7.50. The monoisotopic (exact) mass is 838 g/mol. The Morgan fingerprint density at radius 3 is 1.98 bits per heavy atom. The van der Waals surface area contributed by atoms with Gasteiger partial charge in [0, 0.05) is 36.8 Å². The number of benzene rings is 4. The molecule has 2 aromatic heterocycles. The summed E-state index contributed by atoms with van der Waals surface area (Å²) in [5, 5.41) is 34.6. The van der Waals surface area contributed by atoms with E-state index in [1.807, 2.05) is 72.8 Å². The van der Waals surface area contributed by atoms with Gasteiger partial charge < -0.3 is 36.2 Å². The van der Waals surface area contributed by atoms with Gasteiger partial charge in [0.1, 0.15) is 12.2 Å². The van der Waals surface area contributed by atoms with Crippen LogP contribution in [0.3, 0.4) is 0 Å². The fourth-order valence-electron chi connectivity index (χ4n) is 7.58. The highest BCUT2D eigenvalue weighted by Gasteiger charge is 2.47. The Kier molecular flexibility index (Phi) is 13.1. The Bertz CT molecular complexity index is 2410. The zero-order valence-corrected chi connectivity index (χ0v) is 36.5. The third-order valence-corrected chi connectivity index (χ3v) is 11.3. The molecule has 0 radical (unpaired) electrons. The average Bonchev–Trinajstić information content (AvgIpc) is 3.81. The van der Waals surface area contributed by atoms with Crippen molar-refractivity contribution >= 4 is 40.4 Å². The maximum absolute atomic E-state index is 13.5. The first-order valence-corrected chi connectivity index (χ1v) is 21.3. The first kappa shape index (κ1) is 43.9. The molecule has 0 saturated carbocycles. The number of nitrogens with one attached hydrogen (secondary N) is 4. The number of carbonyl (C=O) groups excluding carboxylic acids is 2. The van der Waals surface area contributed by atoms with E-state index in [0.717, 1.165) is 27.8 Å². The van der Waals surface area contributed by atoms with Crippen LogP contribution in [0.2, 0.25) is 0 Å². The van der Waals surface area contributed by atoms with Gasteiger partial charge in [-0.2, -0.15) is 9.97 Å². The number of aliphatic hydroxyl groups is 2. The maximum Gasteiger partial charge on any atom is 0.255 e. The molecule has 2 amide bonds. The SMILES string of the molecule is CCNC(=O)[C@H]1O[C@@H](n2cnc3c(NCC(c4ccccc4)c4ccccc4)nc(NCCc4ccc(NC(=O)c5cc(C(C)(C)C)cc(C(C)(C)C)c5)cc4)nc32)[C@H](O)[C@@H]1O. The first-order valence-electron chi connectivity index (χ1n) is 21.3. The molecule has 0 aliphatic carbocycles. The van der Waals surface area contributed by atoms with Crippen LogP contribution < -0.4 is 21.3 Å². The highest BCUT2D eigenvalue weighted by Crippen LogP contribution is 2.35. The Labute approximate surface area is 363 Å². The number of imidazole rings is 1. The second kappa shape index (κ2) is 18.4. The fraction of sp³-hybridized carbons (Fsp3) is 0.367. The number of rotatable bonds is 14. The Morgan fingerprint density at radius 2 is 1.40 bits per heavy atom. The molecule has 6 aromatic rings. The van der Waals surface area contributed by atoms with Crippen molar-refractivity contribution < 1.29 is 24.5 Å². The smallest absolute Gasteiger partial charge is 0.255 e. The highest BCUT2D eigenvalue weighted by atomic mass is 16.6. The van der Waals surface area contributed by atoms with Crippen molar-refractivity contribution in [3.05, 3.63) is 143 Å². The van der Waals surface area contributed by atoms with Crippen molar-refractivity contribution in [2.75, 3.05) is 35.6 Å². The van der Waals surface area contributed by atoms with Crippen molar-refractivity contribution in [3.63, 3.8) is 0 Å². The third kappa shape index (κ3) is 9.97. The largest absolute Gasteiger partial charge is 0.387 e. The average molecular weight is 839 g/mol. The molecule has 1 fully saturated rings. The van der Waals surface area contributed by atoms with E-state index in [1.165, 1.54) is 10.9 Å². The predicted molar refractivity (Wildman–Crippen MR) is 244 cm³/mol. The summed E-state index contributed by atoms with van der Waals surface area (Å²) in [6.45, 7) is 16.0. The topological polar surface area (TPSA) is 176 Å². The summed E-state index contributed by atoms with van der Waals surface area (Å²) in [4.78, 5) is 40.6. The predicted octanol–water partition coefficient (Wildman–Crippen LogP) is 7.33. The van der Waals surface area contributed by atoms with Gasteiger partial charge in [0.25, 0.3) is 11.8 Å². The summed E-state index contributed by atoms with van der Waals surface area (Å²) in [7, 11) is 0. The van der Waals surface area contributed by atoms with Crippen LogP contribution in [0.15, 0.2) is 109 Å². The van der Waals surface area contributed by atoms with Gasteiger partial charge in [0.05, 0.1) is 6.33 Å². The molecule has 0 bridgehead atoms. The zero-order chi connectivity index (χ0) is 44.2. The highest BCUT2D eigenvalue weighted by molar-refractivity contribution is 6.04. The molecular formula is C49H58N8O5. The molecule has 13 nitrogen and oxygen atoms in total. The number of fused-ring (bicyclic) bond motifs is 1. The van der Waals surface area contributed by atoms with Crippen molar-refractivity contribution in [3.8, 4) is 0 Å². The van der Waals surface area contributed by atoms with Crippen molar-refractivity contribution in [1.29, 1.82) is 0 Å². The molecule has 3 heterocycles. The van der Waals surface area contributed by atoms with E-state index in [-0.39, 0.29) is 22.7 Å². The van der Waals surface area contributed by atoms with Gasteiger partial charge in [-0.1, -0.05) is 120 Å². The summed E-state index contributed by atoms with van der Waals surface area (Å²) in [6.07, 6.45) is -3.20. The van der Waals surface area contributed by atoms with E-state index in [9.17, 15) is 19.8 Å². The molecule has 1 aliphatic rings. The lowest BCUT2D eigenvalue weighted by atomic mass is 9.79. The van der Waals surface area contributed by atoms with Crippen LogP contribution in [0.1, 0.15) is 98.8 Å². The van der Waals surface area contributed by atoms with E-state index in [2.05, 4.69) is 98.1 Å². The number of hydrogen-bond donors (Lipinski definition) is 6. The van der Waals surface area contributed by atoms with Crippen molar-refractivity contribution in [2.24, 2.45) is 0 Å². The molecule has 324 valence electrons. The number of anilines is 3. The number of amides is 2. The molecule has 4 atom stereocenters. The molecule has 1 saturated heterocycles. The Hall–Kier alpha value is -6.15. The first-order chi connectivity index (χ1) is 29.6. The van der Waals surface area contributed by atoms with Crippen LogP contribution in [0.5, 0.6) is 0 Å². The van der Waals surface area contributed by atoms with Gasteiger partial charge in [-0.25, -0.2) is 4.98 Å². The molecule has 4 aromatic carbocycles. The number of hydrogen-bond acceptors (Lipinski definition) is 10. The molecule has 0 unspecified atom stereocenters. The van der Waals surface area contributed by atoms with Crippen molar-refractivity contribution in [1.82, 2.24) is 24.8 Å². The lowest BCUT2D eigenvalue weighted by Crippen LogP contribution is -2.42. The number of carbonyl (C=O) groups is 2. The summed E-state index contributed by atoms with van der Waals surface area (Å²) in [5.41, 5.74) is 7.41. The lowest BCUT2D eigenvalue weighted by Gasteiger charge is -2.26. The van der Waals surface area contributed by atoms with Gasteiger partial charge >= 0.3 is 0 Å².